The number of fused-ring (bicyclic) bond motifs is 2. The maximum absolute atomic E-state index is 13.3. The highest BCUT2D eigenvalue weighted by Gasteiger charge is 2.25. The third-order valence-electron chi connectivity index (χ3n) is 5.24. The zero-order valence-electron chi connectivity index (χ0n) is 15.9. The maximum atomic E-state index is 13.3. The van der Waals surface area contributed by atoms with Crippen LogP contribution in [0.15, 0.2) is 52.6 Å². The topological polar surface area (TPSA) is 64.2 Å². The smallest absolute Gasteiger partial charge is 0.330 e. The molecule has 2 aromatic heterocycles. The van der Waals surface area contributed by atoms with Crippen molar-refractivity contribution in [3.8, 4) is 0 Å². The number of rotatable bonds is 6. The summed E-state index contributed by atoms with van der Waals surface area (Å²) in [6, 6.07) is 12.8. The molecule has 1 N–H and O–H groups in total. The lowest BCUT2D eigenvalue weighted by atomic mass is 10.1. The second-order valence-corrected chi connectivity index (χ2v) is 7.99. The highest BCUT2D eigenvalue weighted by molar-refractivity contribution is 7.17. The van der Waals surface area contributed by atoms with Crippen LogP contribution < -0.4 is 5.69 Å². The van der Waals surface area contributed by atoms with Gasteiger partial charge >= 0.3 is 11.7 Å². The summed E-state index contributed by atoms with van der Waals surface area (Å²) in [6.07, 6.45) is 1.11. The molecule has 0 amide bonds. The van der Waals surface area contributed by atoms with Crippen molar-refractivity contribution >= 4 is 38.4 Å². The molecule has 0 saturated carbocycles. The lowest BCUT2D eigenvalue weighted by molar-refractivity contribution is -0.141. The molecule has 0 unspecified atom stereocenters. The Kier molecular flexibility index (Phi) is 4.81. The van der Waals surface area contributed by atoms with Crippen molar-refractivity contribution in [1.82, 2.24) is 9.13 Å². The van der Waals surface area contributed by atoms with Crippen LogP contribution >= 0.6 is 11.3 Å². The van der Waals surface area contributed by atoms with Crippen LogP contribution in [0.25, 0.3) is 21.1 Å². The quantitative estimate of drug-likeness (QED) is 0.511. The lowest BCUT2D eigenvalue weighted by Crippen LogP contribution is -2.31. The molecule has 28 heavy (non-hydrogen) atoms. The van der Waals surface area contributed by atoms with Crippen molar-refractivity contribution < 1.29 is 9.90 Å². The number of thiophene rings is 1. The zero-order valence-corrected chi connectivity index (χ0v) is 16.7. The van der Waals surface area contributed by atoms with E-state index in [1.54, 1.807) is 15.9 Å². The van der Waals surface area contributed by atoms with Crippen molar-refractivity contribution in [1.29, 1.82) is 0 Å². The van der Waals surface area contributed by atoms with Gasteiger partial charge < -0.3 is 5.11 Å². The number of para-hydroxylation sites is 2. The number of hydrogen-bond donors (Lipinski definition) is 1. The fourth-order valence-corrected chi connectivity index (χ4v) is 4.98. The predicted molar refractivity (Wildman–Crippen MR) is 113 cm³/mol. The van der Waals surface area contributed by atoms with E-state index >= 15 is 0 Å². The minimum Gasteiger partial charge on any atom is -0.480 e. The van der Waals surface area contributed by atoms with Gasteiger partial charge in [-0.25, -0.2) is 9.59 Å². The van der Waals surface area contributed by atoms with Gasteiger partial charge in [0, 0.05) is 10.1 Å². The van der Waals surface area contributed by atoms with Crippen LogP contribution in [-0.2, 0) is 11.3 Å². The predicted octanol–water partition coefficient (Wildman–Crippen LogP) is 4.80. The van der Waals surface area contributed by atoms with Crippen LogP contribution in [0.3, 0.4) is 0 Å². The van der Waals surface area contributed by atoms with Crippen LogP contribution in [0.4, 0.5) is 0 Å². The van der Waals surface area contributed by atoms with E-state index < -0.39 is 12.0 Å². The first-order chi connectivity index (χ1) is 13.5. The molecule has 0 aliphatic carbocycles. The molecule has 0 spiro atoms. The molecule has 2 heterocycles. The normalized spacial score (nSPS) is 12.6. The Morgan fingerprint density at radius 1 is 1.14 bits per heavy atom. The Morgan fingerprint density at radius 2 is 1.89 bits per heavy atom. The van der Waals surface area contributed by atoms with E-state index in [9.17, 15) is 14.7 Å². The summed E-state index contributed by atoms with van der Waals surface area (Å²) in [5.41, 5.74) is 3.44. The molecule has 144 valence electrons. The summed E-state index contributed by atoms with van der Waals surface area (Å²) in [7, 11) is 0. The molecular weight excluding hydrogens is 372 g/mol. The minimum absolute atomic E-state index is 0.269. The van der Waals surface area contributed by atoms with E-state index in [2.05, 4.69) is 24.4 Å². The van der Waals surface area contributed by atoms with E-state index in [0.717, 1.165) is 11.1 Å². The molecule has 4 aromatic rings. The molecule has 5 nitrogen and oxygen atoms in total. The standard InChI is InChI=1S/C22H22N2O3S/c1-3-7-18(21(25)26)24-17-10-5-4-9-16(17)23(22(24)27)12-15-13-28-19-11-6-8-14(2)20(15)19/h4-6,8-11,13,18H,3,7,12H2,1-2H3,(H,25,26)/t18-/m0/s1. The number of carboxylic acid groups (broad SMARTS) is 1. The molecular formula is C22H22N2O3S. The first-order valence-corrected chi connectivity index (χ1v) is 10.3. The van der Waals surface area contributed by atoms with E-state index in [1.165, 1.54) is 20.2 Å². The maximum Gasteiger partial charge on any atom is 0.330 e. The molecule has 0 aliphatic heterocycles. The fraction of sp³-hybridized carbons (Fsp3) is 0.273. The highest BCUT2D eigenvalue weighted by atomic mass is 32.1. The van der Waals surface area contributed by atoms with Gasteiger partial charge in [0.25, 0.3) is 0 Å². The molecule has 0 aliphatic rings. The molecule has 0 fully saturated rings. The van der Waals surface area contributed by atoms with E-state index in [4.69, 9.17) is 0 Å². The van der Waals surface area contributed by atoms with Gasteiger partial charge in [-0.3, -0.25) is 9.13 Å². The Morgan fingerprint density at radius 3 is 2.61 bits per heavy atom. The van der Waals surface area contributed by atoms with Crippen LogP contribution in [0, 0.1) is 6.92 Å². The van der Waals surface area contributed by atoms with Gasteiger partial charge in [-0.2, -0.15) is 0 Å². The first kappa shape index (κ1) is 18.5. The number of aryl methyl sites for hydroxylation is 1. The van der Waals surface area contributed by atoms with Gasteiger partial charge in [-0.1, -0.05) is 37.6 Å². The number of carbonyl (C=O) groups is 1. The van der Waals surface area contributed by atoms with E-state index in [-0.39, 0.29) is 5.69 Å². The molecule has 0 saturated heterocycles. The molecule has 2 aromatic carbocycles. The number of aromatic nitrogens is 2. The van der Waals surface area contributed by atoms with Crippen LogP contribution in [0.5, 0.6) is 0 Å². The van der Waals surface area contributed by atoms with Crippen molar-refractivity contribution in [3.05, 3.63) is 69.5 Å². The van der Waals surface area contributed by atoms with Gasteiger partial charge in [0.1, 0.15) is 6.04 Å². The van der Waals surface area contributed by atoms with Gasteiger partial charge in [0.15, 0.2) is 0 Å². The number of carboxylic acids is 1. The van der Waals surface area contributed by atoms with Crippen molar-refractivity contribution in [3.63, 3.8) is 0 Å². The summed E-state index contributed by atoms with van der Waals surface area (Å²) >= 11 is 1.67. The average molecular weight is 394 g/mol. The number of imidazole rings is 1. The van der Waals surface area contributed by atoms with Gasteiger partial charge in [0.05, 0.1) is 17.6 Å². The average Bonchev–Trinajstić information content (AvgIpc) is 3.21. The van der Waals surface area contributed by atoms with Crippen LogP contribution in [0.1, 0.15) is 36.9 Å². The van der Waals surface area contributed by atoms with Crippen molar-refractivity contribution in [2.45, 2.75) is 39.3 Å². The van der Waals surface area contributed by atoms with Crippen molar-refractivity contribution in [2.24, 2.45) is 0 Å². The van der Waals surface area contributed by atoms with E-state index in [1.807, 2.05) is 37.3 Å². The summed E-state index contributed by atoms with van der Waals surface area (Å²) < 4.78 is 4.35. The number of benzene rings is 2. The van der Waals surface area contributed by atoms with Crippen LogP contribution in [-0.4, -0.2) is 20.2 Å². The first-order valence-electron chi connectivity index (χ1n) is 9.41. The highest BCUT2D eigenvalue weighted by Crippen LogP contribution is 2.30. The Hall–Kier alpha value is -2.86. The molecule has 0 bridgehead atoms. The lowest BCUT2D eigenvalue weighted by Gasteiger charge is -2.13. The minimum atomic E-state index is -0.969. The molecule has 4 rings (SSSR count). The second-order valence-electron chi connectivity index (χ2n) is 7.08. The largest absolute Gasteiger partial charge is 0.480 e. The summed E-state index contributed by atoms with van der Waals surface area (Å²) in [6.45, 7) is 4.43. The van der Waals surface area contributed by atoms with Gasteiger partial charge in [0.2, 0.25) is 0 Å². The number of aliphatic carboxylic acids is 1. The summed E-state index contributed by atoms with van der Waals surface area (Å²) in [4.78, 5) is 25.2. The van der Waals surface area contributed by atoms with Gasteiger partial charge in [-0.15, -0.1) is 11.3 Å². The van der Waals surface area contributed by atoms with Crippen LogP contribution in [0.2, 0.25) is 0 Å². The van der Waals surface area contributed by atoms with E-state index in [0.29, 0.717) is 24.9 Å². The Labute approximate surface area is 166 Å². The second kappa shape index (κ2) is 7.28. The fourth-order valence-electron chi connectivity index (χ4n) is 3.95. The molecule has 1 atom stereocenters. The van der Waals surface area contributed by atoms with Gasteiger partial charge in [-0.05, 0) is 48.1 Å². The van der Waals surface area contributed by atoms with Crippen molar-refractivity contribution in [2.75, 3.05) is 0 Å². The summed E-state index contributed by atoms with van der Waals surface area (Å²) in [5.74, 6) is -0.969. The number of nitrogens with zero attached hydrogens (tertiary/aromatic N) is 2. The Bertz CT molecular complexity index is 1230. The number of hydrogen-bond acceptors (Lipinski definition) is 3. The zero-order chi connectivity index (χ0) is 19.8. The summed E-state index contributed by atoms with van der Waals surface area (Å²) in [5, 5.41) is 13.0. The Balaban J connectivity index is 1.92. The monoisotopic (exact) mass is 394 g/mol. The molecule has 6 heteroatoms. The molecule has 0 radical (unpaired) electrons. The third kappa shape index (κ3) is 2.94. The third-order valence-corrected chi connectivity index (χ3v) is 6.24. The SMILES string of the molecule is CCC[C@@H](C(=O)O)n1c(=O)n(Cc2csc3cccc(C)c23)c2ccccc21.